The maximum absolute atomic E-state index is 5.51. The van der Waals surface area contributed by atoms with Crippen LogP contribution in [0, 0.1) is 5.92 Å². The topological polar surface area (TPSA) is 38.9 Å². The van der Waals surface area contributed by atoms with Crippen LogP contribution in [-0.4, -0.2) is 10.7 Å². The maximum atomic E-state index is 5.51. The summed E-state index contributed by atoms with van der Waals surface area (Å²) >= 11 is 3.53. The summed E-state index contributed by atoms with van der Waals surface area (Å²) < 4.78 is 0. The molecule has 0 fully saturated rings. The van der Waals surface area contributed by atoms with Gasteiger partial charge in [0.05, 0.1) is 0 Å². The third-order valence-corrected chi connectivity index (χ3v) is 3.69. The van der Waals surface area contributed by atoms with E-state index in [1.165, 1.54) is 10.6 Å². The molecule has 0 unspecified atom stereocenters. The number of anilines is 1. The van der Waals surface area contributed by atoms with Gasteiger partial charge >= 0.3 is 0 Å². The summed E-state index contributed by atoms with van der Waals surface area (Å²) in [5.74, 6) is 3.02. The minimum absolute atomic E-state index is 0.676. The van der Waals surface area contributed by atoms with Crippen molar-refractivity contribution >= 4 is 28.2 Å². The molecule has 0 aromatic carbocycles. The lowest BCUT2D eigenvalue weighted by Crippen LogP contribution is -1.90. The van der Waals surface area contributed by atoms with Crippen LogP contribution in [0.2, 0.25) is 0 Å². The first-order valence-corrected chi connectivity index (χ1v) is 5.93. The molecule has 0 aliphatic carbocycles. The van der Waals surface area contributed by atoms with Gasteiger partial charge in [0.1, 0.15) is 0 Å². The number of hydrogen-bond donors (Lipinski definition) is 1. The number of aromatic nitrogens is 1. The zero-order valence-corrected chi connectivity index (χ0v) is 9.04. The van der Waals surface area contributed by atoms with Gasteiger partial charge in [-0.1, -0.05) is 13.8 Å². The summed E-state index contributed by atoms with van der Waals surface area (Å²) in [5.41, 5.74) is 5.51. The molecule has 0 aliphatic rings. The Kier molecular flexibility index (Phi) is 3.88. The van der Waals surface area contributed by atoms with Gasteiger partial charge in [-0.15, -0.1) is 11.3 Å². The number of rotatable bonds is 4. The molecule has 0 amide bonds. The van der Waals surface area contributed by atoms with Gasteiger partial charge in [-0.25, -0.2) is 4.98 Å². The Hall–Kier alpha value is -0.220. The number of nitrogens with two attached hydrogens (primary N) is 1. The van der Waals surface area contributed by atoms with Crippen molar-refractivity contribution in [3.63, 3.8) is 0 Å². The van der Waals surface area contributed by atoms with Gasteiger partial charge in [0.25, 0.3) is 0 Å². The van der Waals surface area contributed by atoms with Crippen molar-refractivity contribution < 1.29 is 0 Å². The average molecular weight is 202 g/mol. The van der Waals surface area contributed by atoms with Crippen LogP contribution in [0.25, 0.3) is 0 Å². The van der Waals surface area contributed by atoms with E-state index in [9.17, 15) is 0 Å². The summed E-state index contributed by atoms with van der Waals surface area (Å²) in [4.78, 5) is 5.27. The van der Waals surface area contributed by atoms with E-state index in [-0.39, 0.29) is 0 Å². The fourth-order valence-electron chi connectivity index (χ4n) is 0.785. The monoisotopic (exact) mass is 202 g/mol. The van der Waals surface area contributed by atoms with Crippen LogP contribution in [0.1, 0.15) is 18.7 Å². The maximum Gasteiger partial charge on any atom is 0.180 e. The predicted molar refractivity (Wildman–Crippen MR) is 57.5 cm³/mol. The Labute approximate surface area is 81.6 Å². The molecule has 2 nitrogen and oxygen atoms in total. The molecule has 12 heavy (non-hydrogen) atoms. The Morgan fingerprint density at radius 1 is 1.67 bits per heavy atom. The van der Waals surface area contributed by atoms with Crippen LogP contribution in [0.4, 0.5) is 5.13 Å². The summed E-state index contributed by atoms with van der Waals surface area (Å²) in [5, 5.41) is 0.676. The molecule has 0 bridgehead atoms. The second kappa shape index (κ2) is 4.72. The van der Waals surface area contributed by atoms with Crippen molar-refractivity contribution in [2.24, 2.45) is 5.92 Å². The van der Waals surface area contributed by atoms with Crippen molar-refractivity contribution in [1.29, 1.82) is 0 Å². The van der Waals surface area contributed by atoms with Gasteiger partial charge < -0.3 is 5.73 Å². The van der Waals surface area contributed by atoms with Crippen molar-refractivity contribution in [2.45, 2.75) is 19.6 Å². The van der Waals surface area contributed by atoms with E-state index in [2.05, 4.69) is 18.8 Å². The molecule has 4 heteroatoms. The zero-order chi connectivity index (χ0) is 8.97. The fraction of sp³-hybridized carbons (Fsp3) is 0.625. The highest BCUT2D eigenvalue weighted by Gasteiger charge is 1.99. The van der Waals surface area contributed by atoms with Gasteiger partial charge in [0, 0.05) is 16.8 Å². The van der Waals surface area contributed by atoms with E-state index < -0.39 is 0 Å². The summed E-state index contributed by atoms with van der Waals surface area (Å²) in [7, 11) is 0. The van der Waals surface area contributed by atoms with E-state index in [0.29, 0.717) is 5.13 Å². The smallest absolute Gasteiger partial charge is 0.180 e. The Morgan fingerprint density at radius 2 is 2.42 bits per heavy atom. The number of thioether (sulfide) groups is 1. The van der Waals surface area contributed by atoms with E-state index in [1.807, 2.05) is 18.0 Å². The Bertz CT molecular complexity index is 233. The highest BCUT2D eigenvalue weighted by atomic mass is 32.2. The molecule has 0 radical (unpaired) electrons. The van der Waals surface area contributed by atoms with E-state index in [1.54, 1.807) is 11.3 Å². The van der Waals surface area contributed by atoms with Crippen LogP contribution < -0.4 is 5.73 Å². The molecule has 0 atom stereocenters. The van der Waals surface area contributed by atoms with Crippen LogP contribution in [-0.2, 0) is 5.75 Å². The second-order valence-corrected chi connectivity index (χ2v) is 5.25. The largest absolute Gasteiger partial charge is 0.375 e. The molecular formula is C8H14N2S2. The lowest BCUT2D eigenvalue weighted by molar-refractivity contribution is 0.750. The Morgan fingerprint density at radius 3 is 2.92 bits per heavy atom. The first-order chi connectivity index (χ1) is 5.68. The van der Waals surface area contributed by atoms with E-state index in [4.69, 9.17) is 5.73 Å². The highest BCUT2D eigenvalue weighted by Crippen LogP contribution is 2.21. The van der Waals surface area contributed by atoms with Crippen LogP contribution in [0.15, 0.2) is 6.20 Å². The third-order valence-electron chi connectivity index (χ3n) is 1.27. The minimum Gasteiger partial charge on any atom is -0.375 e. The Balaban J connectivity index is 2.24. The fourth-order valence-corrected chi connectivity index (χ4v) is 2.61. The van der Waals surface area contributed by atoms with Crippen molar-refractivity contribution in [3.8, 4) is 0 Å². The molecule has 1 aromatic heterocycles. The highest BCUT2D eigenvalue weighted by molar-refractivity contribution is 7.98. The molecule has 2 N–H and O–H groups in total. The molecular weight excluding hydrogens is 188 g/mol. The second-order valence-electron chi connectivity index (χ2n) is 3.07. The van der Waals surface area contributed by atoms with Gasteiger partial charge in [0.15, 0.2) is 5.13 Å². The summed E-state index contributed by atoms with van der Waals surface area (Å²) in [6.45, 7) is 4.46. The molecule has 1 rings (SSSR count). The molecule has 68 valence electrons. The standard InChI is InChI=1S/C8H14N2S2/c1-6(2)4-11-5-7-3-10-8(9)12-7/h3,6H,4-5H2,1-2H3,(H2,9,10). The molecule has 0 saturated carbocycles. The zero-order valence-electron chi connectivity index (χ0n) is 7.41. The molecule has 1 aromatic rings. The number of nitrogens with zero attached hydrogens (tertiary/aromatic N) is 1. The van der Waals surface area contributed by atoms with Crippen molar-refractivity contribution in [1.82, 2.24) is 4.98 Å². The SMILES string of the molecule is CC(C)CSCc1cnc(N)s1. The average Bonchev–Trinajstić information content (AvgIpc) is 2.35. The quantitative estimate of drug-likeness (QED) is 0.815. The summed E-state index contributed by atoms with van der Waals surface area (Å²) in [6, 6.07) is 0. The molecule has 0 saturated heterocycles. The van der Waals surface area contributed by atoms with Gasteiger partial charge in [-0.3, -0.25) is 0 Å². The molecule has 0 aliphatic heterocycles. The number of hydrogen-bond acceptors (Lipinski definition) is 4. The summed E-state index contributed by atoms with van der Waals surface area (Å²) in [6.07, 6.45) is 1.87. The minimum atomic E-state index is 0.676. The first-order valence-electron chi connectivity index (χ1n) is 3.96. The number of thiazole rings is 1. The molecule has 1 heterocycles. The normalized spacial score (nSPS) is 10.9. The first kappa shape index (κ1) is 9.86. The van der Waals surface area contributed by atoms with Gasteiger partial charge in [-0.05, 0) is 11.7 Å². The van der Waals surface area contributed by atoms with E-state index >= 15 is 0 Å². The predicted octanol–water partition coefficient (Wildman–Crippen LogP) is 2.61. The van der Waals surface area contributed by atoms with Crippen LogP contribution >= 0.6 is 23.1 Å². The number of nitrogen functional groups attached to an aromatic ring is 1. The van der Waals surface area contributed by atoms with Gasteiger partial charge in [0.2, 0.25) is 0 Å². The lowest BCUT2D eigenvalue weighted by atomic mass is 10.3. The third kappa shape index (κ3) is 3.45. The van der Waals surface area contributed by atoms with Crippen molar-refractivity contribution in [2.75, 3.05) is 11.5 Å². The van der Waals surface area contributed by atoms with E-state index in [0.717, 1.165) is 11.7 Å². The van der Waals surface area contributed by atoms with Crippen molar-refractivity contribution in [3.05, 3.63) is 11.1 Å². The van der Waals surface area contributed by atoms with Gasteiger partial charge in [-0.2, -0.15) is 11.8 Å². The van der Waals surface area contributed by atoms with Crippen LogP contribution in [0.5, 0.6) is 0 Å². The lowest BCUT2D eigenvalue weighted by Gasteiger charge is -2.01. The molecule has 0 spiro atoms. The van der Waals surface area contributed by atoms with Crippen LogP contribution in [0.3, 0.4) is 0 Å².